The van der Waals surface area contributed by atoms with E-state index in [-0.39, 0.29) is 12.8 Å². The number of hydrogen-bond acceptors (Lipinski definition) is 1. The Kier molecular flexibility index (Phi) is 6.17. The Bertz CT molecular complexity index is 142. The first-order valence-electron chi connectivity index (χ1n) is 5.17. The highest BCUT2D eigenvalue weighted by molar-refractivity contribution is 4.61. The molecular weight excluding hydrogens is 210 g/mol. The molecule has 0 aromatic carbocycles. The molecule has 5 heteroatoms. The summed E-state index contributed by atoms with van der Waals surface area (Å²) in [7, 11) is 0. The number of halogens is 4. The van der Waals surface area contributed by atoms with Crippen LogP contribution in [-0.2, 0) is 0 Å². The largest absolute Gasteiger partial charge is 0.317 e. The second-order valence-corrected chi connectivity index (χ2v) is 4.10. The van der Waals surface area contributed by atoms with E-state index in [1.807, 2.05) is 0 Å². The lowest BCUT2D eigenvalue weighted by molar-refractivity contribution is 0.0101. The van der Waals surface area contributed by atoms with Crippen LogP contribution in [0.1, 0.15) is 39.5 Å². The molecule has 0 rings (SSSR count). The molecule has 1 N–H and O–H groups in total. The summed E-state index contributed by atoms with van der Waals surface area (Å²) >= 11 is 0. The van der Waals surface area contributed by atoms with Crippen molar-refractivity contribution < 1.29 is 17.6 Å². The first kappa shape index (κ1) is 14.7. The summed E-state index contributed by atoms with van der Waals surface area (Å²) in [5.74, 6) is -5.25. The van der Waals surface area contributed by atoms with Gasteiger partial charge in [-0.1, -0.05) is 0 Å². The average Bonchev–Trinajstić information content (AvgIpc) is 1.98. The molecule has 0 aromatic rings. The van der Waals surface area contributed by atoms with E-state index in [2.05, 4.69) is 5.32 Å². The van der Waals surface area contributed by atoms with Crippen molar-refractivity contribution in [1.82, 2.24) is 5.32 Å². The Morgan fingerprint density at radius 1 is 0.800 bits per heavy atom. The Hall–Kier alpha value is -0.320. The van der Waals surface area contributed by atoms with Crippen molar-refractivity contribution in [2.24, 2.45) is 0 Å². The number of nitrogens with one attached hydrogen (secondary N) is 1. The van der Waals surface area contributed by atoms with Crippen LogP contribution in [0.3, 0.4) is 0 Å². The quantitative estimate of drug-likeness (QED) is 0.496. The second-order valence-electron chi connectivity index (χ2n) is 4.10. The molecule has 0 aliphatic carbocycles. The van der Waals surface area contributed by atoms with E-state index < -0.39 is 11.8 Å². The van der Waals surface area contributed by atoms with E-state index >= 15 is 0 Å². The van der Waals surface area contributed by atoms with Crippen LogP contribution in [0.25, 0.3) is 0 Å². The average molecular weight is 229 g/mol. The molecular formula is C10H19F4N. The van der Waals surface area contributed by atoms with Gasteiger partial charge in [0.15, 0.2) is 0 Å². The van der Waals surface area contributed by atoms with Crippen LogP contribution in [-0.4, -0.2) is 24.9 Å². The molecule has 0 radical (unpaired) electrons. The highest BCUT2D eigenvalue weighted by Gasteiger charge is 2.20. The smallest absolute Gasteiger partial charge is 0.245 e. The zero-order valence-electron chi connectivity index (χ0n) is 9.25. The molecule has 0 unspecified atom stereocenters. The molecule has 0 atom stereocenters. The molecule has 0 amide bonds. The van der Waals surface area contributed by atoms with E-state index in [9.17, 15) is 17.6 Å². The van der Waals surface area contributed by atoms with E-state index in [1.54, 1.807) is 0 Å². The Balaban J connectivity index is 3.20. The van der Waals surface area contributed by atoms with Gasteiger partial charge in [0.05, 0.1) is 0 Å². The van der Waals surface area contributed by atoms with Crippen LogP contribution < -0.4 is 5.32 Å². The van der Waals surface area contributed by atoms with Gasteiger partial charge in [0.25, 0.3) is 0 Å². The van der Waals surface area contributed by atoms with Crippen LogP contribution in [0, 0.1) is 0 Å². The van der Waals surface area contributed by atoms with Crippen LogP contribution >= 0.6 is 0 Å². The summed E-state index contributed by atoms with van der Waals surface area (Å²) in [5, 5.41) is 2.86. The first-order valence-corrected chi connectivity index (χ1v) is 5.17. The Morgan fingerprint density at radius 2 is 1.13 bits per heavy atom. The van der Waals surface area contributed by atoms with Gasteiger partial charge >= 0.3 is 0 Å². The van der Waals surface area contributed by atoms with Gasteiger partial charge in [-0.05, 0) is 39.8 Å². The van der Waals surface area contributed by atoms with Crippen molar-refractivity contribution in [2.45, 2.75) is 51.4 Å². The van der Waals surface area contributed by atoms with Crippen LogP contribution in [0.2, 0.25) is 0 Å². The van der Waals surface area contributed by atoms with E-state index in [4.69, 9.17) is 0 Å². The predicted octanol–water partition coefficient (Wildman–Crippen LogP) is 3.45. The normalized spacial score (nSPS) is 13.2. The standard InChI is InChI=1S/C10H19F4N/c1-9(11,12)5-3-7-15-8-4-6-10(2,13)14/h15H,3-8H2,1-2H3. The molecule has 0 saturated carbocycles. The monoisotopic (exact) mass is 229 g/mol. The molecule has 0 aliphatic rings. The fraction of sp³-hybridized carbons (Fsp3) is 1.00. The summed E-state index contributed by atoms with van der Waals surface area (Å²) in [4.78, 5) is 0. The molecule has 0 aliphatic heterocycles. The van der Waals surface area contributed by atoms with Gasteiger partial charge in [0, 0.05) is 12.8 Å². The highest BCUT2D eigenvalue weighted by atomic mass is 19.3. The maximum Gasteiger partial charge on any atom is 0.245 e. The van der Waals surface area contributed by atoms with Crippen molar-refractivity contribution in [3.05, 3.63) is 0 Å². The topological polar surface area (TPSA) is 12.0 Å². The second kappa shape index (κ2) is 6.30. The van der Waals surface area contributed by atoms with E-state index in [0.29, 0.717) is 25.9 Å². The molecule has 92 valence electrons. The molecule has 0 heterocycles. The fourth-order valence-electron chi connectivity index (χ4n) is 1.17. The van der Waals surface area contributed by atoms with Crippen molar-refractivity contribution in [2.75, 3.05) is 13.1 Å². The molecule has 15 heavy (non-hydrogen) atoms. The first-order chi connectivity index (χ1) is 6.71. The molecule has 0 bridgehead atoms. The maximum absolute atomic E-state index is 12.3. The summed E-state index contributed by atoms with van der Waals surface area (Å²) in [6.07, 6.45) is 0.409. The zero-order valence-corrected chi connectivity index (χ0v) is 9.25. The van der Waals surface area contributed by atoms with Gasteiger partial charge in [-0.2, -0.15) is 0 Å². The molecule has 0 fully saturated rings. The van der Waals surface area contributed by atoms with Gasteiger partial charge in [0.2, 0.25) is 11.8 Å². The Morgan fingerprint density at radius 3 is 1.40 bits per heavy atom. The minimum Gasteiger partial charge on any atom is -0.317 e. The third kappa shape index (κ3) is 13.7. The third-order valence-corrected chi connectivity index (χ3v) is 1.94. The highest BCUT2D eigenvalue weighted by Crippen LogP contribution is 2.19. The zero-order chi connectivity index (χ0) is 11.9. The lowest BCUT2D eigenvalue weighted by Gasteiger charge is -2.11. The fourth-order valence-corrected chi connectivity index (χ4v) is 1.17. The molecule has 0 saturated heterocycles. The minimum atomic E-state index is -2.63. The SMILES string of the molecule is CC(F)(F)CCCNCCCC(C)(F)F. The number of alkyl halides is 4. The number of rotatable bonds is 8. The van der Waals surface area contributed by atoms with Crippen molar-refractivity contribution >= 4 is 0 Å². The van der Waals surface area contributed by atoms with Gasteiger partial charge in [0.1, 0.15) is 0 Å². The van der Waals surface area contributed by atoms with Crippen molar-refractivity contribution in [3.63, 3.8) is 0 Å². The van der Waals surface area contributed by atoms with Crippen LogP contribution in [0.4, 0.5) is 17.6 Å². The third-order valence-electron chi connectivity index (χ3n) is 1.94. The molecule has 0 aromatic heterocycles. The summed E-state index contributed by atoms with van der Waals surface area (Å²) in [6, 6.07) is 0. The lowest BCUT2D eigenvalue weighted by atomic mass is 10.2. The molecule has 1 nitrogen and oxygen atoms in total. The van der Waals surface area contributed by atoms with Crippen molar-refractivity contribution in [1.29, 1.82) is 0 Å². The van der Waals surface area contributed by atoms with Crippen LogP contribution in [0.15, 0.2) is 0 Å². The van der Waals surface area contributed by atoms with E-state index in [1.165, 1.54) is 0 Å². The summed E-state index contributed by atoms with van der Waals surface area (Å²) in [5.41, 5.74) is 0. The van der Waals surface area contributed by atoms with Gasteiger partial charge in [-0.3, -0.25) is 0 Å². The van der Waals surface area contributed by atoms with Crippen LogP contribution in [0.5, 0.6) is 0 Å². The van der Waals surface area contributed by atoms with Crippen molar-refractivity contribution in [3.8, 4) is 0 Å². The van der Waals surface area contributed by atoms with E-state index in [0.717, 1.165) is 13.8 Å². The summed E-state index contributed by atoms with van der Waals surface area (Å²) in [6.45, 7) is 2.67. The van der Waals surface area contributed by atoms with Gasteiger partial charge in [-0.25, -0.2) is 17.6 Å². The maximum atomic E-state index is 12.3. The molecule has 0 spiro atoms. The van der Waals surface area contributed by atoms with Gasteiger partial charge < -0.3 is 5.32 Å². The summed E-state index contributed by atoms with van der Waals surface area (Å²) < 4.78 is 49.3. The Labute approximate surface area is 88.2 Å². The lowest BCUT2D eigenvalue weighted by Crippen LogP contribution is -2.21. The van der Waals surface area contributed by atoms with Gasteiger partial charge in [-0.15, -0.1) is 0 Å². The predicted molar refractivity (Wildman–Crippen MR) is 52.6 cm³/mol. The number of hydrogen-bond donors (Lipinski definition) is 1. The minimum absolute atomic E-state index is 0.163.